The Morgan fingerprint density at radius 3 is 2.96 bits per heavy atom. The maximum absolute atomic E-state index is 12.3. The van der Waals surface area contributed by atoms with Crippen molar-refractivity contribution in [3.63, 3.8) is 0 Å². The van der Waals surface area contributed by atoms with Gasteiger partial charge in [0, 0.05) is 18.0 Å². The van der Waals surface area contributed by atoms with Gasteiger partial charge in [-0.1, -0.05) is 18.2 Å². The van der Waals surface area contributed by atoms with E-state index in [2.05, 4.69) is 20.4 Å². The van der Waals surface area contributed by atoms with E-state index < -0.39 is 6.04 Å². The highest BCUT2D eigenvalue weighted by atomic mass is 16.5. The van der Waals surface area contributed by atoms with Crippen LogP contribution in [-0.4, -0.2) is 32.8 Å². The predicted octanol–water partition coefficient (Wildman–Crippen LogP) is 1.71. The van der Waals surface area contributed by atoms with Crippen LogP contribution in [0, 0.1) is 0 Å². The lowest BCUT2D eigenvalue weighted by Gasteiger charge is -2.13. The average Bonchev–Trinajstić information content (AvgIpc) is 3.12. The Hall–Kier alpha value is -2.96. The van der Waals surface area contributed by atoms with Crippen LogP contribution >= 0.6 is 0 Å². The molecule has 2 aromatic heterocycles. The molecule has 1 amide bonds. The number of methoxy groups -OCH3 is 1. The van der Waals surface area contributed by atoms with Gasteiger partial charge in [-0.2, -0.15) is 5.10 Å². The van der Waals surface area contributed by atoms with E-state index in [1.807, 2.05) is 30.3 Å². The summed E-state index contributed by atoms with van der Waals surface area (Å²) in [6, 6.07) is 9.17. The monoisotopic (exact) mass is 311 g/mol. The van der Waals surface area contributed by atoms with Crippen molar-refractivity contribution in [2.45, 2.75) is 19.5 Å². The van der Waals surface area contributed by atoms with Gasteiger partial charge in [-0.05, 0) is 18.6 Å². The van der Waals surface area contributed by atoms with Crippen molar-refractivity contribution in [3.05, 3.63) is 48.5 Å². The first-order valence-electron chi connectivity index (χ1n) is 7.23. The lowest BCUT2D eigenvalue weighted by molar-refractivity contribution is -0.124. The summed E-state index contributed by atoms with van der Waals surface area (Å²) in [7, 11) is 1.58. The number of nitrogens with one attached hydrogen (secondary N) is 1. The van der Waals surface area contributed by atoms with E-state index in [0.717, 1.165) is 16.5 Å². The fourth-order valence-electron chi connectivity index (χ4n) is 2.34. The van der Waals surface area contributed by atoms with Crippen LogP contribution in [0.3, 0.4) is 0 Å². The lowest BCUT2D eigenvalue weighted by atomic mass is 10.1. The summed E-state index contributed by atoms with van der Waals surface area (Å²) in [6.45, 7) is 2.16. The molecule has 118 valence electrons. The van der Waals surface area contributed by atoms with Crippen LogP contribution in [0.25, 0.3) is 10.9 Å². The molecule has 0 fully saturated rings. The van der Waals surface area contributed by atoms with Crippen LogP contribution < -0.4 is 10.1 Å². The van der Waals surface area contributed by atoms with E-state index in [9.17, 15) is 4.79 Å². The van der Waals surface area contributed by atoms with Crippen molar-refractivity contribution in [1.29, 1.82) is 0 Å². The molecule has 0 aliphatic carbocycles. The van der Waals surface area contributed by atoms with Crippen LogP contribution in [-0.2, 0) is 11.3 Å². The van der Waals surface area contributed by atoms with E-state index in [4.69, 9.17) is 4.74 Å². The number of para-hydroxylation sites is 1. The normalized spacial score (nSPS) is 12.1. The number of carbonyl (C=O) groups excluding carboxylic acids is 1. The number of rotatable bonds is 5. The quantitative estimate of drug-likeness (QED) is 0.775. The molecular formula is C16H17N5O2. The Morgan fingerprint density at radius 1 is 1.39 bits per heavy atom. The third-order valence-electron chi connectivity index (χ3n) is 3.65. The van der Waals surface area contributed by atoms with Gasteiger partial charge in [0.05, 0.1) is 12.6 Å². The third-order valence-corrected chi connectivity index (χ3v) is 3.65. The van der Waals surface area contributed by atoms with Crippen molar-refractivity contribution in [2.75, 3.05) is 7.11 Å². The summed E-state index contributed by atoms with van der Waals surface area (Å²) in [5.74, 6) is 0.396. The molecule has 3 rings (SSSR count). The second kappa shape index (κ2) is 6.43. The number of aromatic nitrogens is 4. The zero-order valence-electron chi connectivity index (χ0n) is 12.9. The van der Waals surface area contributed by atoms with Crippen molar-refractivity contribution < 1.29 is 9.53 Å². The molecule has 2 heterocycles. The number of benzene rings is 1. The highest BCUT2D eigenvalue weighted by molar-refractivity contribution is 5.84. The molecule has 0 saturated heterocycles. The SMILES string of the molecule is COc1cc(CNC(=O)[C@H](C)n2cncn2)c2ccccc2n1. The Balaban J connectivity index is 1.80. The Labute approximate surface area is 133 Å². The van der Waals surface area contributed by atoms with Gasteiger partial charge in [0.2, 0.25) is 11.8 Å². The summed E-state index contributed by atoms with van der Waals surface area (Å²) in [5, 5.41) is 7.89. The molecule has 0 radical (unpaired) electrons. The highest BCUT2D eigenvalue weighted by Crippen LogP contribution is 2.21. The number of ether oxygens (including phenoxy) is 1. The molecule has 7 heteroatoms. The first-order chi connectivity index (χ1) is 11.2. The molecule has 1 N–H and O–H groups in total. The summed E-state index contributed by atoms with van der Waals surface area (Å²) in [6.07, 6.45) is 2.93. The third kappa shape index (κ3) is 3.13. The van der Waals surface area contributed by atoms with E-state index >= 15 is 0 Å². The second-order valence-corrected chi connectivity index (χ2v) is 5.11. The van der Waals surface area contributed by atoms with Gasteiger partial charge < -0.3 is 10.1 Å². The average molecular weight is 311 g/mol. The fraction of sp³-hybridized carbons (Fsp3) is 0.250. The standard InChI is InChI=1S/C16H17N5O2/c1-11(21-10-17-9-19-21)16(22)18-8-12-7-15(23-2)20-14-6-4-3-5-13(12)14/h3-7,9-11H,8H2,1-2H3,(H,18,22)/t11-/m0/s1. The maximum Gasteiger partial charge on any atom is 0.244 e. The minimum atomic E-state index is -0.424. The van der Waals surface area contributed by atoms with E-state index in [1.54, 1.807) is 14.0 Å². The molecule has 23 heavy (non-hydrogen) atoms. The van der Waals surface area contributed by atoms with Crippen molar-refractivity contribution >= 4 is 16.8 Å². The lowest BCUT2D eigenvalue weighted by Crippen LogP contribution is -2.30. The number of amides is 1. The van der Waals surface area contributed by atoms with E-state index in [-0.39, 0.29) is 5.91 Å². The number of fused-ring (bicyclic) bond motifs is 1. The van der Waals surface area contributed by atoms with E-state index in [0.29, 0.717) is 12.4 Å². The molecule has 1 aromatic carbocycles. The molecule has 0 aliphatic rings. The minimum absolute atomic E-state index is 0.129. The number of nitrogens with zero attached hydrogens (tertiary/aromatic N) is 4. The molecule has 3 aromatic rings. The molecule has 0 unspecified atom stereocenters. The Bertz CT molecular complexity index is 816. The first-order valence-corrected chi connectivity index (χ1v) is 7.23. The van der Waals surface area contributed by atoms with Crippen molar-refractivity contribution in [2.24, 2.45) is 0 Å². The second-order valence-electron chi connectivity index (χ2n) is 5.11. The van der Waals surface area contributed by atoms with Crippen molar-refractivity contribution in [3.8, 4) is 5.88 Å². The smallest absolute Gasteiger partial charge is 0.244 e. The van der Waals surface area contributed by atoms with Gasteiger partial charge in [0.25, 0.3) is 0 Å². The number of hydrogen-bond donors (Lipinski definition) is 1. The Kier molecular flexibility index (Phi) is 4.18. The zero-order chi connectivity index (χ0) is 16.2. The molecule has 1 atom stereocenters. The topological polar surface area (TPSA) is 81.9 Å². The van der Waals surface area contributed by atoms with Crippen LogP contribution in [0.1, 0.15) is 18.5 Å². The molecule has 0 aliphatic heterocycles. The Morgan fingerprint density at radius 2 is 2.22 bits per heavy atom. The minimum Gasteiger partial charge on any atom is -0.481 e. The molecular weight excluding hydrogens is 294 g/mol. The fourth-order valence-corrected chi connectivity index (χ4v) is 2.34. The van der Waals surface area contributed by atoms with Crippen LogP contribution in [0.2, 0.25) is 0 Å². The molecule has 0 saturated carbocycles. The maximum atomic E-state index is 12.3. The zero-order valence-corrected chi connectivity index (χ0v) is 12.9. The molecule has 7 nitrogen and oxygen atoms in total. The first kappa shape index (κ1) is 15.0. The summed E-state index contributed by atoms with van der Waals surface area (Å²) in [4.78, 5) is 20.5. The molecule has 0 bridgehead atoms. The summed E-state index contributed by atoms with van der Waals surface area (Å²) in [5.41, 5.74) is 1.78. The van der Waals surface area contributed by atoms with Gasteiger partial charge in [-0.3, -0.25) is 4.79 Å². The van der Waals surface area contributed by atoms with Gasteiger partial charge in [-0.15, -0.1) is 0 Å². The van der Waals surface area contributed by atoms with Crippen LogP contribution in [0.4, 0.5) is 0 Å². The van der Waals surface area contributed by atoms with E-state index in [1.165, 1.54) is 17.3 Å². The molecule has 0 spiro atoms. The van der Waals surface area contributed by atoms with Crippen LogP contribution in [0.15, 0.2) is 43.0 Å². The van der Waals surface area contributed by atoms with Gasteiger partial charge in [0.15, 0.2) is 0 Å². The van der Waals surface area contributed by atoms with Crippen molar-refractivity contribution in [1.82, 2.24) is 25.1 Å². The highest BCUT2D eigenvalue weighted by Gasteiger charge is 2.15. The number of pyridine rings is 1. The van der Waals surface area contributed by atoms with Crippen LogP contribution in [0.5, 0.6) is 5.88 Å². The van der Waals surface area contributed by atoms with Gasteiger partial charge >= 0.3 is 0 Å². The summed E-state index contributed by atoms with van der Waals surface area (Å²) < 4.78 is 6.74. The van der Waals surface area contributed by atoms with Gasteiger partial charge in [-0.25, -0.2) is 14.6 Å². The predicted molar refractivity (Wildman–Crippen MR) is 84.9 cm³/mol. The number of carbonyl (C=O) groups is 1. The number of hydrogen-bond acceptors (Lipinski definition) is 5. The van der Waals surface area contributed by atoms with Gasteiger partial charge in [0.1, 0.15) is 18.7 Å². The summed E-state index contributed by atoms with van der Waals surface area (Å²) >= 11 is 0. The largest absolute Gasteiger partial charge is 0.481 e.